The molecule has 0 amide bonds. The van der Waals surface area contributed by atoms with Gasteiger partial charge in [0, 0.05) is 29.3 Å². The second-order valence-electron chi connectivity index (χ2n) is 3.65. The van der Waals surface area contributed by atoms with Crippen molar-refractivity contribution in [2.75, 3.05) is 0 Å². The number of carbonyl (C=O) groups excluding carboxylic acids is 1. The maximum absolute atomic E-state index is 10.5. The highest BCUT2D eigenvalue weighted by atomic mass is 16.1. The summed E-state index contributed by atoms with van der Waals surface area (Å²) < 4.78 is 1.76. The molecule has 0 radical (unpaired) electrons. The fraction of sp³-hybridized carbons (Fsp3) is 0.182. The molecule has 15 heavy (non-hydrogen) atoms. The van der Waals surface area contributed by atoms with Crippen molar-refractivity contribution in [3.8, 4) is 0 Å². The first-order chi connectivity index (χ1) is 7.38. The number of hydrogen-bond donors (Lipinski definition) is 0. The third kappa shape index (κ3) is 1.18. The molecule has 4 heteroatoms. The summed E-state index contributed by atoms with van der Waals surface area (Å²) in [5, 5.41) is 8.91. The Labute approximate surface area is 85.9 Å². The van der Waals surface area contributed by atoms with Crippen LogP contribution in [0.3, 0.4) is 0 Å². The molecule has 2 aromatic heterocycles. The molecule has 0 fully saturated rings. The van der Waals surface area contributed by atoms with Gasteiger partial charge in [-0.1, -0.05) is 23.4 Å². The van der Waals surface area contributed by atoms with Crippen LogP contribution < -0.4 is 5.22 Å². The van der Waals surface area contributed by atoms with Gasteiger partial charge in [-0.05, 0) is 0 Å². The fourth-order valence-corrected chi connectivity index (χ4v) is 1.95. The van der Waals surface area contributed by atoms with Crippen molar-refractivity contribution in [2.45, 2.75) is 6.42 Å². The molecule has 0 bridgehead atoms. The summed E-state index contributed by atoms with van der Waals surface area (Å²) in [5.74, 6) is 0.205. The Morgan fingerprint density at radius 1 is 1.53 bits per heavy atom. The number of allylic oxidation sites excluding steroid dienone is 1. The summed E-state index contributed by atoms with van der Waals surface area (Å²) >= 11 is 0. The van der Waals surface area contributed by atoms with E-state index in [9.17, 15) is 4.79 Å². The first-order valence-corrected chi connectivity index (χ1v) is 4.85. The summed E-state index contributed by atoms with van der Waals surface area (Å²) in [4.78, 5) is 10.5. The predicted molar refractivity (Wildman–Crippen MR) is 55.9 cm³/mol. The average molecular weight is 199 g/mol. The van der Waals surface area contributed by atoms with Gasteiger partial charge in [0.05, 0.1) is 11.7 Å². The highest BCUT2D eigenvalue weighted by molar-refractivity contribution is 5.69. The maximum Gasteiger partial charge on any atom is 0.120 e. The zero-order valence-corrected chi connectivity index (χ0v) is 8.00. The molecule has 0 aromatic carbocycles. The number of carbonyl (C=O) groups is 1. The van der Waals surface area contributed by atoms with Gasteiger partial charge in [-0.2, -0.15) is 0 Å². The summed E-state index contributed by atoms with van der Waals surface area (Å²) in [6.45, 7) is 0. The highest BCUT2D eigenvalue weighted by Crippen LogP contribution is 2.15. The van der Waals surface area contributed by atoms with Crippen molar-refractivity contribution < 1.29 is 4.79 Å². The van der Waals surface area contributed by atoms with Gasteiger partial charge in [-0.15, -0.1) is 5.10 Å². The second-order valence-corrected chi connectivity index (χ2v) is 3.65. The molecule has 1 atom stereocenters. The monoisotopic (exact) mass is 199 g/mol. The van der Waals surface area contributed by atoms with Crippen LogP contribution in [0.15, 0.2) is 18.5 Å². The minimum Gasteiger partial charge on any atom is -0.303 e. The molecule has 0 saturated heterocycles. The summed E-state index contributed by atoms with van der Waals surface area (Å²) in [5.41, 5.74) is 2.15. The zero-order chi connectivity index (χ0) is 10.3. The number of aldehydes is 1. The Bertz CT molecular complexity index is 597. The van der Waals surface area contributed by atoms with E-state index in [0.717, 1.165) is 22.6 Å². The van der Waals surface area contributed by atoms with E-state index in [1.807, 2.05) is 18.3 Å². The Morgan fingerprint density at radius 3 is 3.33 bits per heavy atom. The minimum atomic E-state index is 0.205. The van der Waals surface area contributed by atoms with Gasteiger partial charge in [-0.3, -0.25) is 0 Å². The van der Waals surface area contributed by atoms with Crippen LogP contribution in [0.1, 0.15) is 12.0 Å². The molecule has 3 rings (SSSR count). The van der Waals surface area contributed by atoms with Crippen molar-refractivity contribution in [1.29, 1.82) is 0 Å². The lowest BCUT2D eigenvalue weighted by atomic mass is 9.98. The molecule has 0 aliphatic heterocycles. The summed E-state index contributed by atoms with van der Waals surface area (Å²) in [6.07, 6.45) is 11.4. The highest BCUT2D eigenvalue weighted by Gasteiger charge is 2.11. The van der Waals surface area contributed by atoms with Crippen molar-refractivity contribution >= 4 is 24.0 Å². The Kier molecular flexibility index (Phi) is 1.68. The molecule has 0 N–H and O–H groups in total. The van der Waals surface area contributed by atoms with E-state index in [1.54, 1.807) is 10.7 Å². The smallest absolute Gasteiger partial charge is 0.120 e. The summed E-state index contributed by atoms with van der Waals surface area (Å²) in [6, 6.07) is 0. The lowest BCUT2D eigenvalue weighted by Gasteiger charge is -2.05. The number of fused-ring (bicyclic) bond motifs is 3. The first kappa shape index (κ1) is 8.35. The van der Waals surface area contributed by atoms with Gasteiger partial charge in [0.1, 0.15) is 6.29 Å². The van der Waals surface area contributed by atoms with Gasteiger partial charge in [0.2, 0.25) is 0 Å². The topological polar surface area (TPSA) is 47.3 Å². The van der Waals surface area contributed by atoms with E-state index in [-0.39, 0.29) is 5.92 Å². The van der Waals surface area contributed by atoms with Crippen molar-refractivity contribution in [2.24, 2.45) is 5.92 Å². The first-order valence-electron chi connectivity index (χ1n) is 4.85. The van der Waals surface area contributed by atoms with E-state index >= 15 is 0 Å². The molecule has 1 aliphatic carbocycles. The van der Waals surface area contributed by atoms with E-state index in [4.69, 9.17) is 0 Å². The van der Waals surface area contributed by atoms with Gasteiger partial charge in [0.25, 0.3) is 0 Å². The third-order valence-electron chi connectivity index (χ3n) is 2.70. The van der Waals surface area contributed by atoms with E-state index in [1.165, 1.54) is 0 Å². The Balaban J connectivity index is 2.23. The van der Waals surface area contributed by atoms with Crippen LogP contribution in [-0.2, 0) is 4.79 Å². The molecule has 2 heterocycles. The Morgan fingerprint density at radius 2 is 2.47 bits per heavy atom. The standard InChI is InChI=1S/C11H9N3O/c15-4-3-8-1-2-9-7-14-11(6-12-13-14)10(9)5-8/h1-2,4-8H,3H2. The average Bonchev–Trinajstić information content (AvgIpc) is 2.78. The second kappa shape index (κ2) is 3.02. The van der Waals surface area contributed by atoms with E-state index in [2.05, 4.69) is 16.4 Å². The SMILES string of the molecule is O=CCC1C=Cc2cn3nncc3c2=C1. The molecular formula is C11H9N3O. The zero-order valence-electron chi connectivity index (χ0n) is 8.00. The van der Waals surface area contributed by atoms with Crippen LogP contribution in [0, 0.1) is 5.92 Å². The van der Waals surface area contributed by atoms with Gasteiger partial charge >= 0.3 is 0 Å². The molecule has 1 unspecified atom stereocenters. The normalized spacial score (nSPS) is 18.8. The summed E-state index contributed by atoms with van der Waals surface area (Å²) in [7, 11) is 0. The number of rotatable bonds is 2. The lowest BCUT2D eigenvalue weighted by Crippen LogP contribution is -2.10. The van der Waals surface area contributed by atoms with Crippen LogP contribution in [-0.4, -0.2) is 21.1 Å². The number of nitrogens with zero attached hydrogens (tertiary/aromatic N) is 3. The van der Waals surface area contributed by atoms with Crippen LogP contribution in [0.2, 0.25) is 0 Å². The number of hydrogen-bond acceptors (Lipinski definition) is 3. The molecule has 2 aromatic rings. The molecule has 4 nitrogen and oxygen atoms in total. The third-order valence-corrected chi connectivity index (χ3v) is 2.70. The van der Waals surface area contributed by atoms with Crippen molar-refractivity contribution in [3.05, 3.63) is 29.3 Å². The van der Waals surface area contributed by atoms with Crippen LogP contribution in [0.4, 0.5) is 0 Å². The number of aromatic nitrogens is 3. The van der Waals surface area contributed by atoms with Gasteiger partial charge < -0.3 is 4.79 Å². The van der Waals surface area contributed by atoms with Gasteiger partial charge in [-0.25, -0.2) is 4.52 Å². The van der Waals surface area contributed by atoms with Gasteiger partial charge in [0.15, 0.2) is 0 Å². The Hall–Kier alpha value is -1.97. The lowest BCUT2D eigenvalue weighted by molar-refractivity contribution is -0.108. The maximum atomic E-state index is 10.5. The molecule has 0 spiro atoms. The molecular weight excluding hydrogens is 190 g/mol. The van der Waals surface area contributed by atoms with Crippen LogP contribution in [0.25, 0.3) is 17.7 Å². The van der Waals surface area contributed by atoms with Crippen LogP contribution in [0.5, 0.6) is 0 Å². The van der Waals surface area contributed by atoms with Crippen molar-refractivity contribution in [3.63, 3.8) is 0 Å². The molecule has 1 aliphatic rings. The quantitative estimate of drug-likeness (QED) is 0.660. The van der Waals surface area contributed by atoms with E-state index < -0.39 is 0 Å². The van der Waals surface area contributed by atoms with Crippen LogP contribution >= 0.6 is 0 Å². The fourth-order valence-electron chi connectivity index (χ4n) is 1.95. The molecule has 74 valence electrons. The minimum absolute atomic E-state index is 0.205. The largest absolute Gasteiger partial charge is 0.303 e. The predicted octanol–water partition coefficient (Wildman–Crippen LogP) is 0.461. The van der Waals surface area contributed by atoms with E-state index in [0.29, 0.717) is 6.42 Å². The molecule has 0 saturated carbocycles. The van der Waals surface area contributed by atoms with Crippen molar-refractivity contribution in [1.82, 2.24) is 14.8 Å².